The number of methoxy groups -OCH3 is 1. The molecule has 0 saturated carbocycles. The van der Waals surface area contributed by atoms with Crippen molar-refractivity contribution in [2.75, 3.05) is 12.4 Å². The SMILES string of the molecule is COc1cccc(NCc2ccc3c(c2)CNC3)c1[N+](=O)[O-]. The molecule has 1 aliphatic heterocycles. The molecule has 0 aromatic heterocycles. The van der Waals surface area contributed by atoms with Crippen LogP contribution in [0.4, 0.5) is 11.4 Å². The van der Waals surface area contributed by atoms with Crippen LogP contribution in [-0.2, 0) is 19.6 Å². The second kappa shape index (κ2) is 6.03. The Balaban J connectivity index is 1.80. The van der Waals surface area contributed by atoms with Gasteiger partial charge in [0.1, 0.15) is 5.69 Å². The van der Waals surface area contributed by atoms with Crippen molar-refractivity contribution in [3.05, 3.63) is 63.2 Å². The first kappa shape index (κ1) is 14.3. The van der Waals surface area contributed by atoms with E-state index in [1.165, 1.54) is 18.2 Å². The van der Waals surface area contributed by atoms with E-state index in [1.807, 2.05) is 6.07 Å². The molecule has 6 nitrogen and oxygen atoms in total. The van der Waals surface area contributed by atoms with E-state index < -0.39 is 4.92 Å². The summed E-state index contributed by atoms with van der Waals surface area (Å²) in [6.45, 7) is 2.31. The quantitative estimate of drug-likeness (QED) is 0.656. The van der Waals surface area contributed by atoms with E-state index in [2.05, 4.69) is 22.8 Å². The van der Waals surface area contributed by atoms with Crippen molar-refractivity contribution >= 4 is 11.4 Å². The van der Waals surface area contributed by atoms with E-state index in [4.69, 9.17) is 4.74 Å². The topological polar surface area (TPSA) is 76.4 Å². The van der Waals surface area contributed by atoms with Crippen molar-refractivity contribution in [1.29, 1.82) is 0 Å². The number of para-hydroxylation sites is 1. The van der Waals surface area contributed by atoms with E-state index >= 15 is 0 Å². The maximum absolute atomic E-state index is 11.2. The minimum absolute atomic E-state index is 0.0344. The molecule has 0 aliphatic carbocycles. The molecule has 22 heavy (non-hydrogen) atoms. The summed E-state index contributed by atoms with van der Waals surface area (Å²) in [5.41, 5.74) is 4.13. The molecule has 2 N–H and O–H groups in total. The monoisotopic (exact) mass is 299 g/mol. The number of hydrogen-bond acceptors (Lipinski definition) is 5. The zero-order valence-corrected chi connectivity index (χ0v) is 12.3. The molecule has 0 spiro atoms. The van der Waals surface area contributed by atoms with Crippen LogP contribution in [0.5, 0.6) is 5.75 Å². The summed E-state index contributed by atoms with van der Waals surface area (Å²) < 4.78 is 5.07. The summed E-state index contributed by atoms with van der Waals surface area (Å²) in [7, 11) is 1.43. The number of ether oxygens (including phenoxy) is 1. The largest absolute Gasteiger partial charge is 0.490 e. The molecular weight excluding hydrogens is 282 g/mol. The van der Waals surface area contributed by atoms with Gasteiger partial charge in [0.2, 0.25) is 0 Å². The van der Waals surface area contributed by atoms with Crippen LogP contribution in [0.3, 0.4) is 0 Å². The number of benzene rings is 2. The van der Waals surface area contributed by atoms with Gasteiger partial charge in [-0.15, -0.1) is 0 Å². The minimum atomic E-state index is -0.423. The molecule has 0 unspecified atom stereocenters. The molecule has 1 heterocycles. The number of nitrogens with one attached hydrogen (secondary N) is 2. The Hall–Kier alpha value is -2.60. The summed E-state index contributed by atoms with van der Waals surface area (Å²) in [6, 6.07) is 11.3. The highest BCUT2D eigenvalue weighted by atomic mass is 16.6. The first-order valence-electron chi connectivity index (χ1n) is 7.05. The lowest BCUT2D eigenvalue weighted by atomic mass is 10.1. The van der Waals surface area contributed by atoms with Crippen LogP contribution in [0, 0.1) is 10.1 Å². The standard InChI is InChI=1S/C16H17N3O3/c1-22-15-4-2-3-14(16(15)19(20)21)18-8-11-5-6-12-9-17-10-13(12)7-11/h2-7,17-18H,8-10H2,1H3. The molecule has 1 aliphatic rings. The Morgan fingerprint density at radius 1 is 1.27 bits per heavy atom. The Labute approximate surface area is 128 Å². The Morgan fingerprint density at radius 3 is 2.86 bits per heavy atom. The molecule has 0 radical (unpaired) electrons. The third-order valence-electron chi connectivity index (χ3n) is 3.79. The third kappa shape index (κ3) is 2.73. The minimum Gasteiger partial charge on any atom is -0.490 e. The molecule has 0 fully saturated rings. The first-order valence-corrected chi connectivity index (χ1v) is 7.05. The van der Waals surface area contributed by atoms with Gasteiger partial charge in [0.15, 0.2) is 5.75 Å². The van der Waals surface area contributed by atoms with Gasteiger partial charge in [-0.1, -0.05) is 24.3 Å². The number of hydrogen-bond donors (Lipinski definition) is 2. The summed E-state index contributed by atoms with van der Waals surface area (Å²) in [4.78, 5) is 10.8. The summed E-state index contributed by atoms with van der Waals surface area (Å²) in [5.74, 6) is 0.258. The van der Waals surface area contributed by atoms with Crippen LogP contribution < -0.4 is 15.4 Å². The Bertz CT molecular complexity index is 716. The maximum Gasteiger partial charge on any atom is 0.333 e. The normalized spacial score (nSPS) is 12.8. The maximum atomic E-state index is 11.2. The molecular formula is C16H17N3O3. The lowest BCUT2D eigenvalue weighted by molar-refractivity contribution is -0.384. The molecule has 2 aromatic rings. The van der Waals surface area contributed by atoms with Gasteiger partial charge in [0.25, 0.3) is 0 Å². The summed E-state index contributed by atoms with van der Waals surface area (Å²) >= 11 is 0. The number of anilines is 1. The van der Waals surface area contributed by atoms with Crippen LogP contribution in [0.25, 0.3) is 0 Å². The fourth-order valence-electron chi connectivity index (χ4n) is 2.67. The Kier molecular flexibility index (Phi) is 3.93. The van der Waals surface area contributed by atoms with E-state index in [1.54, 1.807) is 18.2 Å². The van der Waals surface area contributed by atoms with Crippen molar-refractivity contribution in [3.8, 4) is 5.75 Å². The number of nitro benzene ring substituents is 1. The highest BCUT2D eigenvalue weighted by Gasteiger charge is 2.20. The van der Waals surface area contributed by atoms with E-state index in [0.29, 0.717) is 12.2 Å². The lowest BCUT2D eigenvalue weighted by Gasteiger charge is -2.10. The van der Waals surface area contributed by atoms with Crippen molar-refractivity contribution < 1.29 is 9.66 Å². The Morgan fingerprint density at radius 2 is 2.09 bits per heavy atom. The average molecular weight is 299 g/mol. The molecule has 3 rings (SSSR count). The molecule has 0 amide bonds. The van der Waals surface area contributed by atoms with Crippen LogP contribution in [0.2, 0.25) is 0 Å². The smallest absolute Gasteiger partial charge is 0.333 e. The van der Waals surface area contributed by atoms with Gasteiger partial charge < -0.3 is 15.4 Å². The van der Waals surface area contributed by atoms with Gasteiger partial charge in [-0.3, -0.25) is 10.1 Å². The van der Waals surface area contributed by atoms with E-state index in [9.17, 15) is 10.1 Å². The van der Waals surface area contributed by atoms with Gasteiger partial charge in [-0.2, -0.15) is 0 Å². The van der Waals surface area contributed by atoms with Crippen molar-refractivity contribution in [1.82, 2.24) is 5.32 Å². The first-order chi connectivity index (χ1) is 10.7. The highest BCUT2D eigenvalue weighted by Crippen LogP contribution is 2.34. The molecule has 6 heteroatoms. The third-order valence-corrected chi connectivity index (χ3v) is 3.79. The van der Waals surface area contributed by atoms with Crippen molar-refractivity contribution in [3.63, 3.8) is 0 Å². The van der Waals surface area contributed by atoms with Crippen molar-refractivity contribution in [2.45, 2.75) is 19.6 Å². The summed E-state index contributed by atoms with van der Waals surface area (Å²) in [5, 5.41) is 17.7. The van der Waals surface area contributed by atoms with Gasteiger partial charge in [0.05, 0.1) is 12.0 Å². The number of nitro groups is 1. The average Bonchev–Trinajstić information content (AvgIpc) is 2.99. The highest BCUT2D eigenvalue weighted by molar-refractivity contribution is 5.68. The second-order valence-electron chi connectivity index (χ2n) is 5.17. The van der Waals surface area contributed by atoms with Crippen LogP contribution in [0.15, 0.2) is 36.4 Å². The predicted octanol–water partition coefficient (Wildman–Crippen LogP) is 2.82. The summed E-state index contributed by atoms with van der Waals surface area (Å²) in [6.07, 6.45) is 0. The van der Waals surface area contributed by atoms with Gasteiger partial charge in [-0.25, -0.2) is 0 Å². The zero-order chi connectivity index (χ0) is 15.5. The molecule has 0 bridgehead atoms. The predicted molar refractivity (Wildman–Crippen MR) is 84.0 cm³/mol. The van der Waals surface area contributed by atoms with Crippen LogP contribution in [0.1, 0.15) is 16.7 Å². The van der Waals surface area contributed by atoms with E-state index in [-0.39, 0.29) is 11.4 Å². The molecule has 0 saturated heterocycles. The van der Waals surface area contributed by atoms with E-state index in [0.717, 1.165) is 18.7 Å². The zero-order valence-electron chi connectivity index (χ0n) is 12.3. The molecule has 114 valence electrons. The second-order valence-corrected chi connectivity index (χ2v) is 5.17. The number of rotatable bonds is 5. The lowest BCUT2D eigenvalue weighted by Crippen LogP contribution is -2.04. The van der Waals surface area contributed by atoms with Crippen molar-refractivity contribution in [2.24, 2.45) is 0 Å². The number of fused-ring (bicyclic) bond motifs is 1. The van der Waals surface area contributed by atoms with Crippen LogP contribution >= 0.6 is 0 Å². The van der Waals surface area contributed by atoms with Crippen LogP contribution in [-0.4, -0.2) is 12.0 Å². The van der Waals surface area contributed by atoms with Gasteiger partial charge >= 0.3 is 5.69 Å². The number of nitrogens with zero attached hydrogens (tertiary/aromatic N) is 1. The molecule has 2 aromatic carbocycles. The van der Waals surface area contributed by atoms with Gasteiger partial charge in [-0.05, 0) is 28.8 Å². The fourth-order valence-corrected chi connectivity index (χ4v) is 2.67. The van der Waals surface area contributed by atoms with Gasteiger partial charge in [0, 0.05) is 19.6 Å². The molecule has 0 atom stereocenters. The fraction of sp³-hybridized carbons (Fsp3) is 0.250.